The van der Waals surface area contributed by atoms with Crippen LogP contribution in [-0.4, -0.2) is 42.3 Å². The molecule has 0 unspecified atom stereocenters. The molecule has 0 saturated carbocycles. The molecule has 122 valence electrons. The van der Waals surface area contributed by atoms with Crippen molar-refractivity contribution in [1.82, 2.24) is 0 Å². The average molecular weight is 310 g/mol. The van der Waals surface area contributed by atoms with Crippen LogP contribution < -0.4 is 19.6 Å². The highest BCUT2D eigenvalue weighted by molar-refractivity contribution is 5.81. The zero-order valence-electron chi connectivity index (χ0n) is 14.9. The van der Waals surface area contributed by atoms with E-state index in [1.54, 1.807) is 0 Å². The smallest absolute Gasteiger partial charge is 0.132 e. The van der Waals surface area contributed by atoms with Crippen LogP contribution >= 0.6 is 0 Å². The van der Waals surface area contributed by atoms with E-state index >= 15 is 0 Å². The monoisotopic (exact) mass is 310 g/mol. The zero-order valence-corrected chi connectivity index (χ0v) is 14.9. The fraction of sp³-hybridized carbons (Fsp3) is 0.368. The van der Waals surface area contributed by atoms with Crippen molar-refractivity contribution in [3.63, 3.8) is 0 Å². The van der Waals surface area contributed by atoms with Gasteiger partial charge in [-0.15, -0.1) is 0 Å². The van der Waals surface area contributed by atoms with E-state index < -0.39 is 0 Å². The number of hydrogen-bond donors (Lipinski definition) is 0. The van der Waals surface area contributed by atoms with Crippen LogP contribution in [0.5, 0.6) is 0 Å². The van der Waals surface area contributed by atoms with Crippen LogP contribution in [0.15, 0.2) is 42.5 Å². The van der Waals surface area contributed by atoms with E-state index in [0.717, 1.165) is 0 Å². The molecule has 0 spiro atoms. The quantitative estimate of drug-likeness (QED) is 0.861. The highest BCUT2D eigenvalue weighted by atomic mass is 15.4. The maximum Gasteiger partial charge on any atom is 0.132 e. The molecule has 4 heteroatoms. The van der Waals surface area contributed by atoms with Crippen LogP contribution in [0.4, 0.5) is 22.7 Å². The van der Waals surface area contributed by atoms with E-state index in [-0.39, 0.29) is 6.17 Å². The molecule has 1 heterocycles. The van der Waals surface area contributed by atoms with Gasteiger partial charge in [0.2, 0.25) is 0 Å². The van der Waals surface area contributed by atoms with E-state index in [1.165, 1.54) is 28.3 Å². The predicted molar refractivity (Wildman–Crippen MR) is 101 cm³/mol. The Balaban J connectivity index is 2.20. The lowest BCUT2D eigenvalue weighted by atomic mass is 10.0. The second kappa shape index (κ2) is 5.69. The molecule has 0 saturated heterocycles. The molecule has 0 amide bonds. The van der Waals surface area contributed by atoms with Gasteiger partial charge in [0.1, 0.15) is 6.17 Å². The van der Waals surface area contributed by atoms with E-state index in [1.807, 2.05) is 0 Å². The van der Waals surface area contributed by atoms with Crippen LogP contribution in [0.3, 0.4) is 0 Å². The first-order chi connectivity index (χ1) is 10.9. The van der Waals surface area contributed by atoms with Crippen LogP contribution in [0.2, 0.25) is 0 Å². The van der Waals surface area contributed by atoms with Gasteiger partial charge in [0.05, 0.1) is 11.4 Å². The standard InChI is InChI=1S/C19H26N4/c1-20(2)16-12-9-13-17(21(3)4)18(16)19-22(5)14-10-7-8-11-15(14)23(19)6/h7-13,19H,1-6H3. The summed E-state index contributed by atoms with van der Waals surface area (Å²) in [5, 5.41) is 0. The van der Waals surface area contributed by atoms with Gasteiger partial charge in [-0.25, -0.2) is 0 Å². The maximum atomic E-state index is 2.37. The molecule has 23 heavy (non-hydrogen) atoms. The lowest BCUT2D eigenvalue weighted by Crippen LogP contribution is -2.33. The molecule has 0 N–H and O–H groups in total. The first-order valence-electron chi connectivity index (χ1n) is 7.95. The first-order valence-corrected chi connectivity index (χ1v) is 7.95. The van der Waals surface area contributed by atoms with Crippen molar-refractivity contribution >= 4 is 22.7 Å². The summed E-state index contributed by atoms with van der Waals surface area (Å²) in [7, 11) is 12.8. The Morgan fingerprint density at radius 3 is 1.52 bits per heavy atom. The Bertz CT molecular complexity index is 653. The van der Waals surface area contributed by atoms with Gasteiger partial charge >= 0.3 is 0 Å². The van der Waals surface area contributed by atoms with Crippen molar-refractivity contribution < 1.29 is 0 Å². The Morgan fingerprint density at radius 2 is 1.13 bits per heavy atom. The lowest BCUT2D eigenvalue weighted by Gasteiger charge is -2.34. The molecular weight excluding hydrogens is 284 g/mol. The number of para-hydroxylation sites is 2. The third kappa shape index (κ3) is 2.38. The Hall–Kier alpha value is -2.36. The summed E-state index contributed by atoms with van der Waals surface area (Å²) in [6.45, 7) is 0. The van der Waals surface area contributed by atoms with Gasteiger partial charge in [0.15, 0.2) is 0 Å². The van der Waals surface area contributed by atoms with Crippen LogP contribution in [-0.2, 0) is 0 Å². The van der Waals surface area contributed by atoms with Gasteiger partial charge in [0.25, 0.3) is 0 Å². The topological polar surface area (TPSA) is 13.0 Å². The van der Waals surface area contributed by atoms with E-state index in [0.29, 0.717) is 0 Å². The fourth-order valence-electron chi connectivity index (χ4n) is 3.56. The zero-order chi connectivity index (χ0) is 16.7. The van der Waals surface area contributed by atoms with E-state index in [9.17, 15) is 0 Å². The number of nitrogens with zero attached hydrogens (tertiary/aromatic N) is 4. The SMILES string of the molecule is CN(C)c1cccc(N(C)C)c1C1N(C)c2ccccc2N1C. The van der Waals surface area contributed by atoms with Crippen LogP contribution in [0.25, 0.3) is 0 Å². The molecule has 1 aliphatic heterocycles. The third-order valence-corrected chi connectivity index (χ3v) is 4.66. The van der Waals surface area contributed by atoms with E-state index in [4.69, 9.17) is 0 Å². The normalized spacial score (nSPS) is 14.2. The highest BCUT2D eigenvalue weighted by Gasteiger charge is 2.35. The number of anilines is 4. The van der Waals surface area contributed by atoms with Crippen molar-refractivity contribution in [1.29, 1.82) is 0 Å². The summed E-state index contributed by atoms with van der Waals surface area (Å²) < 4.78 is 0. The van der Waals surface area contributed by atoms with Gasteiger partial charge in [-0.05, 0) is 24.3 Å². The molecule has 2 aromatic carbocycles. The summed E-state index contributed by atoms with van der Waals surface area (Å²) >= 11 is 0. The Morgan fingerprint density at radius 1 is 0.696 bits per heavy atom. The summed E-state index contributed by atoms with van der Waals surface area (Å²) in [6.07, 6.45) is 0.184. The van der Waals surface area contributed by atoms with Crippen molar-refractivity contribution in [3.8, 4) is 0 Å². The maximum absolute atomic E-state index is 2.37. The third-order valence-electron chi connectivity index (χ3n) is 4.66. The van der Waals surface area contributed by atoms with Gasteiger partial charge in [0, 0.05) is 59.2 Å². The molecule has 0 fully saturated rings. The molecule has 1 aliphatic rings. The van der Waals surface area contributed by atoms with Gasteiger partial charge in [-0.3, -0.25) is 0 Å². The predicted octanol–water partition coefficient (Wildman–Crippen LogP) is 3.40. The largest absolute Gasteiger partial charge is 0.377 e. The minimum Gasteiger partial charge on any atom is -0.377 e. The van der Waals surface area contributed by atoms with E-state index in [2.05, 4.69) is 104 Å². The van der Waals surface area contributed by atoms with Crippen molar-refractivity contribution in [3.05, 3.63) is 48.0 Å². The lowest BCUT2D eigenvalue weighted by molar-refractivity contribution is 0.692. The molecule has 0 atom stereocenters. The second-order valence-electron chi connectivity index (χ2n) is 6.58. The molecule has 0 radical (unpaired) electrons. The minimum absolute atomic E-state index is 0.184. The summed E-state index contributed by atoms with van der Waals surface area (Å²) in [5.41, 5.74) is 6.40. The first kappa shape index (κ1) is 15.5. The number of benzene rings is 2. The van der Waals surface area contributed by atoms with Gasteiger partial charge in [-0.2, -0.15) is 0 Å². The van der Waals surface area contributed by atoms with Crippen molar-refractivity contribution in [2.75, 3.05) is 61.9 Å². The van der Waals surface area contributed by atoms with Crippen LogP contribution in [0, 0.1) is 0 Å². The summed E-state index contributed by atoms with van der Waals surface area (Å²) in [5.74, 6) is 0. The average Bonchev–Trinajstić information content (AvgIpc) is 2.78. The molecule has 3 rings (SSSR count). The minimum atomic E-state index is 0.184. The molecule has 2 aromatic rings. The van der Waals surface area contributed by atoms with Crippen LogP contribution in [0.1, 0.15) is 11.7 Å². The Labute approximate surface area is 139 Å². The summed E-state index contributed by atoms with van der Waals surface area (Å²) in [4.78, 5) is 9.13. The van der Waals surface area contributed by atoms with Crippen molar-refractivity contribution in [2.24, 2.45) is 0 Å². The molecule has 0 aromatic heterocycles. The highest BCUT2D eigenvalue weighted by Crippen LogP contribution is 2.48. The number of hydrogen-bond acceptors (Lipinski definition) is 4. The number of rotatable bonds is 3. The van der Waals surface area contributed by atoms with Crippen molar-refractivity contribution in [2.45, 2.75) is 6.17 Å². The summed E-state index contributed by atoms with van der Waals surface area (Å²) in [6, 6.07) is 15.1. The number of fused-ring (bicyclic) bond motifs is 1. The molecular formula is C19H26N4. The Kier molecular flexibility index (Phi) is 3.84. The fourth-order valence-corrected chi connectivity index (χ4v) is 3.56. The molecule has 4 nitrogen and oxygen atoms in total. The van der Waals surface area contributed by atoms with Gasteiger partial charge in [-0.1, -0.05) is 18.2 Å². The molecule has 0 bridgehead atoms. The molecule has 0 aliphatic carbocycles. The van der Waals surface area contributed by atoms with Gasteiger partial charge < -0.3 is 19.6 Å². The second-order valence-corrected chi connectivity index (χ2v) is 6.58.